The molecular formula is C23H26N2O4. The number of likely N-dealkylation sites (tertiary alicyclic amines) is 1. The molecule has 152 valence electrons. The van der Waals surface area contributed by atoms with Gasteiger partial charge < -0.3 is 15.0 Å². The molecule has 1 saturated heterocycles. The second-order valence-corrected chi connectivity index (χ2v) is 7.57. The van der Waals surface area contributed by atoms with E-state index in [4.69, 9.17) is 4.74 Å². The summed E-state index contributed by atoms with van der Waals surface area (Å²) in [5, 5.41) is 2.73. The van der Waals surface area contributed by atoms with E-state index < -0.39 is 17.8 Å². The van der Waals surface area contributed by atoms with Gasteiger partial charge in [0.25, 0.3) is 5.91 Å². The fourth-order valence-electron chi connectivity index (χ4n) is 3.67. The lowest BCUT2D eigenvalue weighted by molar-refractivity contribution is -0.151. The molecule has 6 heteroatoms. The Morgan fingerprint density at radius 3 is 2.45 bits per heavy atom. The molecule has 1 heterocycles. The third-order valence-corrected chi connectivity index (χ3v) is 5.09. The quantitative estimate of drug-likeness (QED) is 0.762. The van der Waals surface area contributed by atoms with Crippen LogP contribution in [0.2, 0.25) is 0 Å². The van der Waals surface area contributed by atoms with Crippen LogP contribution in [0.3, 0.4) is 0 Å². The van der Waals surface area contributed by atoms with Gasteiger partial charge in [0, 0.05) is 18.7 Å². The molecule has 6 nitrogen and oxygen atoms in total. The third kappa shape index (κ3) is 5.22. The number of aryl methyl sites for hydroxylation is 2. The molecule has 0 aliphatic carbocycles. The molecule has 1 fully saturated rings. The highest BCUT2D eigenvalue weighted by molar-refractivity contribution is 5.94. The molecule has 0 unspecified atom stereocenters. The second kappa shape index (κ2) is 8.90. The molecule has 1 aliphatic heterocycles. The average Bonchev–Trinajstić information content (AvgIpc) is 3.07. The van der Waals surface area contributed by atoms with Crippen LogP contribution < -0.4 is 5.32 Å². The Hall–Kier alpha value is -3.15. The van der Waals surface area contributed by atoms with Gasteiger partial charge in [-0.25, -0.2) is 0 Å². The molecule has 2 amide bonds. The van der Waals surface area contributed by atoms with E-state index in [9.17, 15) is 14.4 Å². The molecule has 0 radical (unpaired) electrons. The predicted molar refractivity (Wildman–Crippen MR) is 110 cm³/mol. The van der Waals surface area contributed by atoms with Gasteiger partial charge in [0.05, 0.1) is 12.0 Å². The van der Waals surface area contributed by atoms with E-state index in [0.29, 0.717) is 12.2 Å². The highest BCUT2D eigenvalue weighted by atomic mass is 16.5. The number of hydrogen-bond donors (Lipinski definition) is 1. The summed E-state index contributed by atoms with van der Waals surface area (Å²) in [5.41, 5.74) is 3.76. The number of carbonyl (C=O) groups excluding carboxylic acids is 3. The van der Waals surface area contributed by atoms with Gasteiger partial charge >= 0.3 is 5.97 Å². The maximum absolute atomic E-state index is 12.4. The minimum Gasteiger partial charge on any atom is -0.455 e. The van der Waals surface area contributed by atoms with Gasteiger partial charge in [-0.1, -0.05) is 36.4 Å². The van der Waals surface area contributed by atoms with Gasteiger partial charge in [-0.3, -0.25) is 14.4 Å². The fourth-order valence-corrected chi connectivity index (χ4v) is 3.67. The summed E-state index contributed by atoms with van der Waals surface area (Å²) in [4.78, 5) is 38.6. The van der Waals surface area contributed by atoms with E-state index in [0.717, 1.165) is 16.7 Å². The number of amides is 2. The van der Waals surface area contributed by atoms with Crippen LogP contribution in [0.4, 0.5) is 5.69 Å². The zero-order chi connectivity index (χ0) is 21.0. The number of rotatable bonds is 6. The van der Waals surface area contributed by atoms with Crippen molar-refractivity contribution in [2.45, 2.75) is 33.2 Å². The molecule has 1 aliphatic rings. The molecule has 0 bridgehead atoms. The largest absolute Gasteiger partial charge is 0.455 e. The standard InChI is InChI=1S/C23H26N2O4/c1-15-9-16(2)11-20(10-15)24-21(26)14-29-23(28)19-12-22(27)25(13-19)17(3)18-7-5-4-6-8-18/h4-11,17,19H,12-14H2,1-3H3,(H,24,26)/t17-,19+/m1/s1. The number of nitrogens with one attached hydrogen (secondary N) is 1. The highest BCUT2D eigenvalue weighted by Crippen LogP contribution is 2.29. The van der Waals surface area contributed by atoms with Crippen LogP contribution in [0.25, 0.3) is 0 Å². The number of carbonyl (C=O) groups is 3. The van der Waals surface area contributed by atoms with Crippen LogP contribution in [0, 0.1) is 19.8 Å². The van der Waals surface area contributed by atoms with Gasteiger partial charge in [0.15, 0.2) is 6.61 Å². The zero-order valence-electron chi connectivity index (χ0n) is 17.0. The lowest BCUT2D eigenvalue weighted by Crippen LogP contribution is -2.30. The molecular weight excluding hydrogens is 368 g/mol. The number of ether oxygens (including phenoxy) is 1. The Morgan fingerprint density at radius 1 is 1.14 bits per heavy atom. The summed E-state index contributed by atoms with van der Waals surface area (Å²) < 4.78 is 5.17. The van der Waals surface area contributed by atoms with Crippen LogP contribution in [0.1, 0.15) is 36.1 Å². The number of benzene rings is 2. The maximum atomic E-state index is 12.4. The van der Waals surface area contributed by atoms with Gasteiger partial charge in [-0.2, -0.15) is 0 Å². The van der Waals surface area contributed by atoms with Crippen LogP contribution in [0.5, 0.6) is 0 Å². The summed E-state index contributed by atoms with van der Waals surface area (Å²) in [5.74, 6) is -1.55. The average molecular weight is 394 g/mol. The monoisotopic (exact) mass is 394 g/mol. The van der Waals surface area contributed by atoms with Gasteiger partial charge in [0.1, 0.15) is 0 Å². The minimum atomic E-state index is -0.553. The SMILES string of the molecule is Cc1cc(C)cc(NC(=O)COC(=O)[C@H]2CC(=O)N([C@H](C)c3ccccc3)C2)c1. The van der Waals surface area contributed by atoms with Crippen molar-refractivity contribution in [2.24, 2.45) is 5.92 Å². The van der Waals surface area contributed by atoms with E-state index in [1.54, 1.807) is 4.90 Å². The summed E-state index contributed by atoms with van der Waals surface area (Å²) in [7, 11) is 0. The molecule has 3 rings (SSSR count). The summed E-state index contributed by atoms with van der Waals surface area (Å²) >= 11 is 0. The first-order chi connectivity index (χ1) is 13.8. The van der Waals surface area contributed by atoms with Crippen molar-refractivity contribution < 1.29 is 19.1 Å². The molecule has 2 aromatic rings. The van der Waals surface area contributed by atoms with E-state index in [1.165, 1.54) is 0 Å². The molecule has 2 atom stereocenters. The molecule has 0 saturated carbocycles. The van der Waals surface area contributed by atoms with Gasteiger partial charge in [-0.15, -0.1) is 0 Å². The molecule has 2 aromatic carbocycles. The second-order valence-electron chi connectivity index (χ2n) is 7.57. The van der Waals surface area contributed by atoms with Crippen molar-refractivity contribution in [3.63, 3.8) is 0 Å². The Labute approximate surface area is 170 Å². The van der Waals surface area contributed by atoms with Crippen molar-refractivity contribution in [2.75, 3.05) is 18.5 Å². The van der Waals surface area contributed by atoms with Crippen molar-refractivity contribution in [3.8, 4) is 0 Å². The van der Waals surface area contributed by atoms with Crippen molar-refractivity contribution in [1.29, 1.82) is 0 Å². The number of hydrogen-bond acceptors (Lipinski definition) is 4. The molecule has 1 N–H and O–H groups in total. The van der Waals surface area contributed by atoms with E-state index in [-0.39, 0.29) is 25.0 Å². The first-order valence-corrected chi connectivity index (χ1v) is 9.72. The fraction of sp³-hybridized carbons (Fsp3) is 0.348. The Bertz CT molecular complexity index is 890. The third-order valence-electron chi connectivity index (χ3n) is 5.09. The smallest absolute Gasteiger partial charge is 0.311 e. The van der Waals surface area contributed by atoms with Gasteiger partial charge in [-0.05, 0) is 49.6 Å². The number of nitrogens with zero attached hydrogens (tertiary/aromatic N) is 1. The normalized spacial score (nSPS) is 17.1. The first-order valence-electron chi connectivity index (χ1n) is 9.72. The highest BCUT2D eigenvalue weighted by Gasteiger charge is 2.38. The Kier molecular flexibility index (Phi) is 6.32. The first kappa shape index (κ1) is 20.6. The summed E-state index contributed by atoms with van der Waals surface area (Å²) in [6.45, 7) is 5.76. The van der Waals surface area contributed by atoms with E-state index in [2.05, 4.69) is 5.32 Å². The number of anilines is 1. The van der Waals surface area contributed by atoms with Crippen molar-refractivity contribution in [1.82, 2.24) is 4.90 Å². The Morgan fingerprint density at radius 2 is 1.79 bits per heavy atom. The summed E-state index contributed by atoms with van der Waals surface area (Å²) in [6, 6.07) is 15.3. The van der Waals surface area contributed by atoms with E-state index >= 15 is 0 Å². The summed E-state index contributed by atoms with van der Waals surface area (Å²) in [6.07, 6.45) is 0.106. The minimum absolute atomic E-state index is 0.0806. The predicted octanol–water partition coefficient (Wildman–Crippen LogP) is 3.39. The molecule has 0 spiro atoms. The topological polar surface area (TPSA) is 75.7 Å². The van der Waals surface area contributed by atoms with Crippen LogP contribution in [-0.4, -0.2) is 35.8 Å². The van der Waals surface area contributed by atoms with Crippen LogP contribution in [-0.2, 0) is 19.1 Å². The van der Waals surface area contributed by atoms with Gasteiger partial charge in [0.2, 0.25) is 5.91 Å². The van der Waals surface area contributed by atoms with Crippen LogP contribution in [0.15, 0.2) is 48.5 Å². The number of esters is 1. The van der Waals surface area contributed by atoms with Crippen molar-refractivity contribution in [3.05, 3.63) is 65.2 Å². The molecule has 29 heavy (non-hydrogen) atoms. The zero-order valence-corrected chi connectivity index (χ0v) is 17.0. The maximum Gasteiger partial charge on any atom is 0.311 e. The lowest BCUT2D eigenvalue weighted by atomic mass is 10.1. The lowest BCUT2D eigenvalue weighted by Gasteiger charge is -2.25. The van der Waals surface area contributed by atoms with Crippen molar-refractivity contribution >= 4 is 23.5 Å². The van der Waals surface area contributed by atoms with Crippen LogP contribution >= 0.6 is 0 Å². The van der Waals surface area contributed by atoms with E-state index in [1.807, 2.05) is 69.3 Å². The molecule has 0 aromatic heterocycles. The Balaban J connectivity index is 1.52.